The molecular weight excluding hydrogens is 376 g/mol. The predicted octanol–water partition coefficient (Wildman–Crippen LogP) is 3.70. The number of benzene rings is 1. The first-order chi connectivity index (χ1) is 14.0. The number of pyridine rings is 1. The van der Waals surface area contributed by atoms with E-state index >= 15 is 0 Å². The molecule has 9 heteroatoms. The van der Waals surface area contributed by atoms with Crippen molar-refractivity contribution in [3.8, 4) is 17.3 Å². The second kappa shape index (κ2) is 7.16. The summed E-state index contributed by atoms with van der Waals surface area (Å²) in [5.74, 6) is -0.480. The Kier molecular flexibility index (Phi) is 4.52. The lowest BCUT2D eigenvalue weighted by Crippen LogP contribution is -2.12. The van der Waals surface area contributed by atoms with Crippen LogP contribution in [0.1, 0.15) is 24.2 Å². The summed E-state index contributed by atoms with van der Waals surface area (Å²) in [6, 6.07) is 10.3. The van der Waals surface area contributed by atoms with Gasteiger partial charge < -0.3 is 11.1 Å². The van der Waals surface area contributed by atoms with Gasteiger partial charge in [-0.25, -0.2) is 23.7 Å². The fourth-order valence-electron chi connectivity index (χ4n) is 3.13. The fourth-order valence-corrected chi connectivity index (χ4v) is 3.13. The average molecular weight is 391 g/mol. The van der Waals surface area contributed by atoms with Crippen molar-refractivity contribution in [2.45, 2.75) is 13.0 Å². The summed E-state index contributed by atoms with van der Waals surface area (Å²) in [5.41, 5.74) is 8.23. The quantitative estimate of drug-likeness (QED) is 0.550. The lowest BCUT2D eigenvalue weighted by atomic mass is 10.1. The Morgan fingerprint density at radius 2 is 1.83 bits per heavy atom. The molecule has 0 unspecified atom stereocenters. The third-order valence-electron chi connectivity index (χ3n) is 4.48. The van der Waals surface area contributed by atoms with Gasteiger partial charge in [0.25, 0.3) is 0 Å². The first-order valence-electron chi connectivity index (χ1n) is 8.68. The zero-order valence-electron chi connectivity index (χ0n) is 15.3. The van der Waals surface area contributed by atoms with Crippen LogP contribution in [0.2, 0.25) is 0 Å². The SMILES string of the molecule is C[C@H](Nc1ncnc(N)c1C#N)c1nc2ccc(F)cn2c1-c1ccc(F)cc1. The number of halogens is 2. The maximum Gasteiger partial charge on any atom is 0.150 e. The smallest absolute Gasteiger partial charge is 0.150 e. The van der Waals surface area contributed by atoms with Gasteiger partial charge in [0.05, 0.1) is 17.4 Å². The number of hydrogen-bond acceptors (Lipinski definition) is 6. The van der Waals surface area contributed by atoms with Gasteiger partial charge in [-0.05, 0) is 43.3 Å². The molecule has 144 valence electrons. The molecule has 4 rings (SSSR count). The molecule has 29 heavy (non-hydrogen) atoms. The minimum atomic E-state index is -0.431. The minimum absolute atomic E-state index is 0.0630. The molecule has 0 aliphatic carbocycles. The molecule has 0 spiro atoms. The third kappa shape index (κ3) is 3.32. The third-order valence-corrected chi connectivity index (χ3v) is 4.48. The van der Waals surface area contributed by atoms with Crippen molar-refractivity contribution < 1.29 is 8.78 Å². The molecule has 0 saturated carbocycles. The van der Waals surface area contributed by atoms with Crippen LogP contribution in [0.4, 0.5) is 20.4 Å². The van der Waals surface area contributed by atoms with E-state index in [0.717, 1.165) is 0 Å². The van der Waals surface area contributed by atoms with Gasteiger partial charge in [0.15, 0.2) is 0 Å². The number of nitrogen functional groups attached to an aromatic ring is 1. The van der Waals surface area contributed by atoms with E-state index in [-0.39, 0.29) is 23.0 Å². The molecule has 4 aromatic rings. The summed E-state index contributed by atoms with van der Waals surface area (Å²) in [6.45, 7) is 1.82. The van der Waals surface area contributed by atoms with Gasteiger partial charge in [-0.1, -0.05) is 0 Å². The number of rotatable bonds is 4. The van der Waals surface area contributed by atoms with E-state index in [1.54, 1.807) is 22.6 Å². The Hall–Kier alpha value is -4.06. The van der Waals surface area contributed by atoms with Crippen molar-refractivity contribution in [3.05, 3.63) is 71.8 Å². The maximum absolute atomic E-state index is 13.9. The Morgan fingerprint density at radius 3 is 2.55 bits per heavy atom. The molecule has 0 bridgehead atoms. The molecule has 0 aliphatic heterocycles. The van der Waals surface area contributed by atoms with Crippen molar-refractivity contribution in [2.75, 3.05) is 11.1 Å². The molecular formula is C20H15F2N7. The van der Waals surface area contributed by atoms with Crippen molar-refractivity contribution in [2.24, 2.45) is 0 Å². The van der Waals surface area contributed by atoms with Crippen LogP contribution in [0, 0.1) is 23.0 Å². The lowest BCUT2D eigenvalue weighted by molar-refractivity contribution is 0.619. The zero-order chi connectivity index (χ0) is 20.5. The molecule has 0 radical (unpaired) electrons. The van der Waals surface area contributed by atoms with Crippen LogP contribution in [0.15, 0.2) is 48.9 Å². The summed E-state index contributed by atoms with van der Waals surface area (Å²) in [6.07, 6.45) is 2.58. The molecule has 7 nitrogen and oxygen atoms in total. The number of nitriles is 1. The second-order valence-corrected chi connectivity index (χ2v) is 6.39. The maximum atomic E-state index is 13.9. The molecule has 3 aromatic heterocycles. The van der Waals surface area contributed by atoms with E-state index < -0.39 is 11.9 Å². The van der Waals surface area contributed by atoms with Gasteiger partial charge in [0, 0.05) is 11.8 Å². The molecule has 0 aliphatic rings. The van der Waals surface area contributed by atoms with Crippen LogP contribution in [0.3, 0.4) is 0 Å². The first-order valence-corrected chi connectivity index (χ1v) is 8.68. The van der Waals surface area contributed by atoms with Crippen LogP contribution in [0.25, 0.3) is 16.9 Å². The largest absolute Gasteiger partial charge is 0.382 e. The van der Waals surface area contributed by atoms with Crippen LogP contribution in [-0.4, -0.2) is 19.4 Å². The van der Waals surface area contributed by atoms with Gasteiger partial charge in [0.1, 0.15) is 46.9 Å². The van der Waals surface area contributed by atoms with E-state index in [4.69, 9.17) is 5.73 Å². The minimum Gasteiger partial charge on any atom is -0.382 e. The monoisotopic (exact) mass is 391 g/mol. The molecule has 3 N–H and O–H groups in total. The molecule has 1 atom stereocenters. The Balaban J connectivity index is 1.85. The summed E-state index contributed by atoms with van der Waals surface area (Å²) < 4.78 is 28.9. The standard InChI is InChI=1S/C20H15F2N7/c1-11(27-20-15(8-23)19(24)25-10-26-20)17-18(12-2-4-13(21)5-3-12)29-9-14(22)6-7-16(29)28-17/h2-7,9-11H,1H3,(H3,24,25,26,27)/t11-/m0/s1. The highest BCUT2D eigenvalue weighted by molar-refractivity contribution is 5.69. The highest BCUT2D eigenvalue weighted by atomic mass is 19.1. The van der Waals surface area contributed by atoms with E-state index in [1.165, 1.54) is 30.7 Å². The van der Waals surface area contributed by atoms with Gasteiger partial charge in [-0.3, -0.25) is 4.40 Å². The second-order valence-electron chi connectivity index (χ2n) is 6.39. The lowest BCUT2D eigenvalue weighted by Gasteiger charge is -2.16. The molecule has 1 aromatic carbocycles. The van der Waals surface area contributed by atoms with Crippen LogP contribution < -0.4 is 11.1 Å². The number of fused-ring (bicyclic) bond motifs is 1. The molecule has 0 amide bonds. The van der Waals surface area contributed by atoms with E-state index in [9.17, 15) is 14.0 Å². The molecule has 0 saturated heterocycles. The molecule has 0 fully saturated rings. The number of nitrogens with two attached hydrogens (primary N) is 1. The topological polar surface area (TPSA) is 105 Å². The first kappa shape index (κ1) is 18.3. The predicted molar refractivity (Wildman–Crippen MR) is 104 cm³/mol. The van der Waals surface area contributed by atoms with Gasteiger partial charge in [-0.2, -0.15) is 5.26 Å². The van der Waals surface area contributed by atoms with Gasteiger partial charge >= 0.3 is 0 Å². The number of nitrogens with one attached hydrogen (secondary N) is 1. The normalized spacial score (nSPS) is 11.9. The van der Waals surface area contributed by atoms with E-state index in [0.29, 0.717) is 22.6 Å². The number of hydrogen-bond donors (Lipinski definition) is 2. The van der Waals surface area contributed by atoms with Crippen LogP contribution in [0.5, 0.6) is 0 Å². The summed E-state index contributed by atoms with van der Waals surface area (Å²) in [4.78, 5) is 12.5. The van der Waals surface area contributed by atoms with E-state index in [1.807, 2.05) is 13.0 Å². The van der Waals surface area contributed by atoms with Crippen molar-refractivity contribution in [3.63, 3.8) is 0 Å². The highest BCUT2D eigenvalue weighted by Gasteiger charge is 2.21. The molecule has 3 heterocycles. The highest BCUT2D eigenvalue weighted by Crippen LogP contribution is 2.32. The average Bonchev–Trinajstić information content (AvgIpc) is 3.07. The number of aromatic nitrogens is 4. The van der Waals surface area contributed by atoms with Crippen LogP contribution >= 0.6 is 0 Å². The van der Waals surface area contributed by atoms with Crippen molar-refractivity contribution in [1.82, 2.24) is 19.4 Å². The van der Waals surface area contributed by atoms with Crippen molar-refractivity contribution >= 4 is 17.3 Å². The summed E-state index contributed by atoms with van der Waals surface area (Å²) >= 11 is 0. The Morgan fingerprint density at radius 1 is 1.10 bits per heavy atom. The van der Waals surface area contributed by atoms with E-state index in [2.05, 4.69) is 20.3 Å². The Bertz CT molecular complexity index is 1240. The van der Waals surface area contributed by atoms with Crippen molar-refractivity contribution in [1.29, 1.82) is 5.26 Å². The fraction of sp³-hybridized carbons (Fsp3) is 0.100. The number of nitrogens with zero attached hydrogens (tertiary/aromatic N) is 5. The summed E-state index contributed by atoms with van der Waals surface area (Å²) in [5, 5.41) is 12.5. The summed E-state index contributed by atoms with van der Waals surface area (Å²) in [7, 11) is 0. The van der Waals surface area contributed by atoms with Gasteiger partial charge in [-0.15, -0.1) is 0 Å². The Labute approximate surface area is 164 Å². The number of anilines is 2. The van der Waals surface area contributed by atoms with Crippen LogP contribution in [-0.2, 0) is 0 Å². The van der Waals surface area contributed by atoms with Gasteiger partial charge in [0.2, 0.25) is 0 Å². The number of imidazole rings is 1. The zero-order valence-corrected chi connectivity index (χ0v) is 15.3.